The highest BCUT2D eigenvalue weighted by Gasteiger charge is 2.32. The van der Waals surface area contributed by atoms with Gasteiger partial charge in [-0.05, 0) is 39.9 Å². The number of ether oxygens (including phenoxy) is 2. The summed E-state index contributed by atoms with van der Waals surface area (Å²) >= 11 is 0. The van der Waals surface area contributed by atoms with Crippen molar-refractivity contribution in [2.45, 2.75) is 50.1 Å². The van der Waals surface area contributed by atoms with Crippen molar-refractivity contribution in [1.29, 1.82) is 0 Å². The zero-order valence-electron chi connectivity index (χ0n) is 14.7. The van der Waals surface area contributed by atoms with E-state index in [1.54, 1.807) is 7.11 Å². The van der Waals surface area contributed by atoms with E-state index in [1.165, 1.54) is 0 Å². The van der Waals surface area contributed by atoms with Gasteiger partial charge in [-0.2, -0.15) is 0 Å². The highest BCUT2D eigenvalue weighted by atomic mass is 16.5. The molecule has 0 radical (unpaired) electrons. The molecule has 0 aromatic carbocycles. The first kappa shape index (κ1) is 19.0. The maximum Gasteiger partial charge on any atom is 0.134 e. The lowest BCUT2D eigenvalue weighted by Gasteiger charge is -2.40. The molecule has 0 aromatic rings. The fraction of sp³-hybridized carbons (Fsp3) is 1.00. The smallest absolute Gasteiger partial charge is 0.134 e. The van der Waals surface area contributed by atoms with Crippen LogP contribution in [-0.4, -0.2) is 78.3 Å². The average Bonchev–Trinajstić information content (AvgIpc) is 2.59. The van der Waals surface area contributed by atoms with Gasteiger partial charge < -0.3 is 20.1 Å². The molecule has 8 heteroatoms. The Bertz CT molecular complexity index is 322. The molecule has 2 aliphatic heterocycles. The van der Waals surface area contributed by atoms with E-state index in [9.17, 15) is 0 Å². The van der Waals surface area contributed by atoms with Gasteiger partial charge in [-0.15, -0.1) is 0 Å². The molecule has 2 aliphatic rings. The van der Waals surface area contributed by atoms with Crippen LogP contribution in [-0.2, 0) is 9.47 Å². The minimum absolute atomic E-state index is 0.0278. The topological polar surface area (TPSA) is 90.6 Å². The Morgan fingerprint density at radius 2 is 2.09 bits per heavy atom. The Labute approximate surface area is 139 Å². The molecule has 2 saturated heterocycles. The summed E-state index contributed by atoms with van der Waals surface area (Å²) in [5.41, 5.74) is 0. The molecule has 0 aromatic heterocycles. The lowest BCUT2D eigenvalue weighted by atomic mass is 10.0. The van der Waals surface area contributed by atoms with Gasteiger partial charge in [0.05, 0.1) is 12.3 Å². The van der Waals surface area contributed by atoms with Gasteiger partial charge in [0.1, 0.15) is 12.5 Å². The van der Waals surface area contributed by atoms with Crippen molar-refractivity contribution in [1.82, 2.24) is 31.9 Å². The summed E-state index contributed by atoms with van der Waals surface area (Å²) in [7, 11) is 5.68. The van der Waals surface area contributed by atoms with Crippen molar-refractivity contribution < 1.29 is 9.47 Å². The Kier molecular flexibility index (Phi) is 8.70. The molecular formula is C15H34N6O2. The Balaban J connectivity index is 1.76. The van der Waals surface area contributed by atoms with Crippen LogP contribution in [0.15, 0.2) is 0 Å². The zero-order valence-corrected chi connectivity index (χ0v) is 14.7. The molecule has 136 valence electrons. The summed E-state index contributed by atoms with van der Waals surface area (Å²) < 4.78 is 11.5. The molecule has 0 aliphatic carbocycles. The molecule has 2 fully saturated rings. The highest BCUT2D eigenvalue weighted by Crippen LogP contribution is 2.15. The highest BCUT2D eigenvalue weighted by molar-refractivity contribution is 4.88. The van der Waals surface area contributed by atoms with Gasteiger partial charge in [-0.25, -0.2) is 0 Å². The number of rotatable bonds is 9. The predicted octanol–water partition coefficient (Wildman–Crippen LogP) is -1.68. The van der Waals surface area contributed by atoms with E-state index >= 15 is 0 Å². The van der Waals surface area contributed by atoms with Gasteiger partial charge >= 0.3 is 0 Å². The SMILES string of the molecule is CNCCCOC1CC(NC2NCCC(NC)N2)CNC1OC. The van der Waals surface area contributed by atoms with Gasteiger partial charge in [-0.3, -0.25) is 21.3 Å². The third-order valence-electron chi connectivity index (χ3n) is 4.48. The number of hydrogen-bond donors (Lipinski definition) is 6. The molecule has 8 nitrogen and oxygen atoms in total. The third-order valence-corrected chi connectivity index (χ3v) is 4.48. The number of piperidine rings is 1. The summed E-state index contributed by atoms with van der Waals surface area (Å²) in [6, 6.07) is 0.344. The quantitative estimate of drug-likeness (QED) is 0.279. The van der Waals surface area contributed by atoms with Crippen molar-refractivity contribution in [2.75, 3.05) is 47.4 Å². The van der Waals surface area contributed by atoms with Gasteiger partial charge in [0, 0.05) is 32.8 Å². The second kappa shape index (κ2) is 10.5. The molecule has 6 N–H and O–H groups in total. The Hall–Kier alpha value is -0.320. The van der Waals surface area contributed by atoms with Crippen LogP contribution in [0.4, 0.5) is 0 Å². The molecule has 0 spiro atoms. The lowest BCUT2D eigenvalue weighted by molar-refractivity contribution is -0.0943. The summed E-state index contributed by atoms with van der Waals surface area (Å²) in [4.78, 5) is 0. The van der Waals surface area contributed by atoms with Gasteiger partial charge in [0.2, 0.25) is 0 Å². The van der Waals surface area contributed by atoms with Crippen LogP contribution in [0.25, 0.3) is 0 Å². The van der Waals surface area contributed by atoms with Crippen LogP contribution in [0.2, 0.25) is 0 Å². The fourth-order valence-electron chi connectivity index (χ4n) is 3.16. The average molecular weight is 330 g/mol. The monoisotopic (exact) mass is 330 g/mol. The fourth-order valence-corrected chi connectivity index (χ4v) is 3.16. The molecular weight excluding hydrogens is 296 g/mol. The van der Waals surface area contributed by atoms with Gasteiger partial charge in [0.15, 0.2) is 0 Å². The summed E-state index contributed by atoms with van der Waals surface area (Å²) in [6.45, 7) is 3.60. The van der Waals surface area contributed by atoms with Crippen molar-refractivity contribution in [3.05, 3.63) is 0 Å². The van der Waals surface area contributed by atoms with Crippen LogP contribution in [0.1, 0.15) is 19.3 Å². The van der Waals surface area contributed by atoms with Crippen molar-refractivity contribution in [2.24, 2.45) is 0 Å². The zero-order chi connectivity index (χ0) is 16.5. The normalized spacial score (nSPS) is 35.3. The molecule has 2 heterocycles. The first-order valence-corrected chi connectivity index (χ1v) is 8.72. The van der Waals surface area contributed by atoms with Crippen LogP contribution in [0, 0.1) is 0 Å². The molecule has 5 atom stereocenters. The summed E-state index contributed by atoms with van der Waals surface area (Å²) in [6.07, 6.45) is 3.56. The van der Waals surface area contributed by atoms with Crippen molar-refractivity contribution in [3.8, 4) is 0 Å². The van der Waals surface area contributed by atoms with E-state index < -0.39 is 0 Å². The summed E-state index contributed by atoms with van der Waals surface area (Å²) in [5, 5.41) is 20.4. The van der Waals surface area contributed by atoms with E-state index in [-0.39, 0.29) is 18.6 Å². The van der Waals surface area contributed by atoms with Gasteiger partial charge in [-0.1, -0.05) is 0 Å². The van der Waals surface area contributed by atoms with E-state index in [4.69, 9.17) is 9.47 Å². The molecule has 0 amide bonds. The van der Waals surface area contributed by atoms with Crippen LogP contribution >= 0.6 is 0 Å². The van der Waals surface area contributed by atoms with E-state index in [2.05, 4.69) is 31.9 Å². The van der Waals surface area contributed by atoms with E-state index in [1.807, 2.05) is 14.1 Å². The number of hydrogen-bond acceptors (Lipinski definition) is 8. The lowest BCUT2D eigenvalue weighted by Crippen LogP contribution is -2.68. The van der Waals surface area contributed by atoms with Crippen LogP contribution < -0.4 is 31.9 Å². The Morgan fingerprint density at radius 1 is 1.22 bits per heavy atom. The largest absolute Gasteiger partial charge is 0.374 e. The minimum Gasteiger partial charge on any atom is -0.374 e. The standard InChI is InChI=1S/C15H34N6O2/c1-16-6-4-8-23-12-9-11(10-19-14(12)22-3)20-15-18-7-5-13(17-2)21-15/h11-21H,4-10H2,1-3H3. The molecule has 23 heavy (non-hydrogen) atoms. The number of methoxy groups -OCH3 is 1. The van der Waals surface area contributed by atoms with E-state index in [0.717, 1.165) is 45.5 Å². The number of nitrogens with one attached hydrogen (secondary N) is 6. The predicted molar refractivity (Wildman–Crippen MR) is 91.0 cm³/mol. The Morgan fingerprint density at radius 3 is 2.83 bits per heavy atom. The van der Waals surface area contributed by atoms with Gasteiger partial charge in [0.25, 0.3) is 0 Å². The van der Waals surface area contributed by atoms with Crippen LogP contribution in [0.5, 0.6) is 0 Å². The maximum absolute atomic E-state index is 6.03. The van der Waals surface area contributed by atoms with E-state index in [0.29, 0.717) is 12.2 Å². The minimum atomic E-state index is -0.0278. The molecule has 0 bridgehead atoms. The second-order valence-corrected chi connectivity index (χ2v) is 6.21. The second-order valence-electron chi connectivity index (χ2n) is 6.21. The molecule has 2 rings (SSSR count). The molecule has 0 saturated carbocycles. The third kappa shape index (κ3) is 6.24. The maximum atomic E-state index is 6.03. The van der Waals surface area contributed by atoms with Crippen molar-refractivity contribution >= 4 is 0 Å². The molecule has 5 unspecified atom stereocenters. The first-order chi connectivity index (χ1) is 11.3. The van der Waals surface area contributed by atoms with Crippen LogP contribution in [0.3, 0.4) is 0 Å². The summed E-state index contributed by atoms with van der Waals surface area (Å²) in [5.74, 6) is 0. The van der Waals surface area contributed by atoms with Crippen molar-refractivity contribution in [3.63, 3.8) is 0 Å². The first-order valence-electron chi connectivity index (χ1n) is 8.72.